The third-order valence-corrected chi connectivity index (χ3v) is 3.09. The van der Waals surface area contributed by atoms with Gasteiger partial charge in [0.05, 0.1) is 18.1 Å². The maximum absolute atomic E-state index is 12.0. The first kappa shape index (κ1) is 15.2. The lowest BCUT2D eigenvalue weighted by molar-refractivity contribution is -0.121. The maximum atomic E-state index is 12.0. The lowest BCUT2D eigenvalue weighted by atomic mass is 10.1. The van der Waals surface area contributed by atoms with E-state index in [9.17, 15) is 4.79 Å². The van der Waals surface area contributed by atoms with Crippen LogP contribution in [0.15, 0.2) is 24.3 Å². The second kappa shape index (κ2) is 8.31. The van der Waals surface area contributed by atoms with Gasteiger partial charge in [0.15, 0.2) is 0 Å². The number of carbonyl (C=O) groups excluding carboxylic acids is 1. The number of amides is 1. The predicted molar refractivity (Wildman–Crippen MR) is 76.6 cm³/mol. The highest BCUT2D eigenvalue weighted by molar-refractivity contribution is 5.78. The van der Waals surface area contributed by atoms with Crippen molar-refractivity contribution < 1.29 is 4.79 Å². The minimum atomic E-state index is 0.0663. The number of carbonyl (C=O) groups is 1. The number of nitrogens with zero attached hydrogens (tertiary/aromatic N) is 1. The van der Waals surface area contributed by atoms with E-state index in [1.54, 1.807) is 12.1 Å². The van der Waals surface area contributed by atoms with Crippen LogP contribution in [-0.2, 0) is 11.2 Å². The number of nitrogens with one attached hydrogen (secondary N) is 1. The maximum Gasteiger partial charge on any atom is 0.224 e. The summed E-state index contributed by atoms with van der Waals surface area (Å²) in [6.45, 7) is 4.27. The van der Waals surface area contributed by atoms with Gasteiger partial charge in [0.25, 0.3) is 0 Å². The summed E-state index contributed by atoms with van der Waals surface area (Å²) >= 11 is 0. The van der Waals surface area contributed by atoms with E-state index in [1.807, 2.05) is 12.1 Å². The average Bonchev–Trinajstić information content (AvgIpc) is 2.40. The summed E-state index contributed by atoms with van der Waals surface area (Å²) in [5.41, 5.74) is 1.57. The molecule has 1 N–H and O–H groups in total. The Bertz CT molecular complexity index is 425. The van der Waals surface area contributed by atoms with Crippen LogP contribution in [-0.4, -0.2) is 11.9 Å². The molecule has 0 unspecified atom stereocenters. The van der Waals surface area contributed by atoms with Crippen molar-refractivity contribution in [2.45, 2.75) is 52.0 Å². The molecule has 0 bridgehead atoms. The molecule has 0 atom stereocenters. The summed E-state index contributed by atoms with van der Waals surface area (Å²) in [6, 6.07) is 9.54. The van der Waals surface area contributed by atoms with Crippen LogP contribution in [0.25, 0.3) is 0 Å². The van der Waals surface area contributed by atoms with Gasteiger partial charge in [-0.25, -0.2) is 0 Å². The zero-order valence-corrected chi connectivity index (χ0v) is 11.8. The van der Waals surface area contributed by atoms with Crippen molar-refractivity contribution in [3.63, 3.8) is 0 Å². The minimum absolute atomic E-state index is 0.0663. The lowest BCUT2D eigenvalue weighted by Gasteiger charge is -2.17. The van der Waals surface area contributed by atoms with Crippen LogP contribution in [0.5, 0.6) is 0 Å². The van der Waals surface area contributed by atoms with E-state index < -0.39 is 0 Å². The van der Waals surface area contributed by atoms with Crippen LogP contribution in [0.2, 0.25) is 0 Å². The molecule has 0 fully saturated rings. The number of benzene rings is 1. The third kappa shape index (κ3) is 5.56. The molecule has 0 aliphatic rings. The minimum Gasteiger partial charge on any atom is -0.353 e. The summed E-state index contributed by atoms with van der Waals surface area (Å²) in [4.78, 5) is 12.0. The van der Waals surface area contributed by atoms with Crippen molar-refractivity contribution in [2.24, 2.45) is 0 Å². The number of rotatable bonds is 7. The van der Waals surface area contributed by atoms with E-state index in [2.05, 4.69) is 25.2 Å². The van der Waals surface area contributed by atoms with Crippen LogP contribution in [0, 0.1) is 11.3 Å². The smallest absolute Gasteiger partial charge is 0.224 e. The second-order valence-corrected chi connectivity index (χ2v) is 4.83. The van der Waals surface area contributed by atoms with Gasteiger partial charge in [0.1, 0.15) is 0 Å². The van der Waals surface area contributed by atoms with Gasteiger partial charge in [-0.15, -0.1) is 0 Å². The summed E-state index contributed by atoms with van der Waals surface area (Å²) in [6.07, 6.45) is 4.62. The van der Waals surface area contributed by atoms with E-state index in [1.165, 1.54) is 0 Å². The van der Waals surface area contributed by atoms with Gasteiger partial charge in [-0.1, -0.05) is 38.8 Å². The van der Waals surface area contributed by atoms with Crippen LogP contribution in [0.3, 0.4) is 0 Å². The van der Waals surface area contributed by atoms with Crippen molar-refractivity contribution >= 4 is 5.91 Å². The van der Waals surface area contributed by atoms with Gasteiger partial charge in [-0.05, 0) is 30.5 Å². The van der Waals surface area contributed by atoms with Gasteiger partial charge in [-0.2, -0.15) is 5.26 Å². The van der Waals surface area contributed by atoms with Crippen LogP contribution in [0.1, 0.15) is 50.7 Å². The topological polar surface area (TPSA) is 52.9 Å². The van der Waals surface area contributed by atoms with E-state index >= 15 is 0 Å². The van der Waals surface area contributed by atoms with Crippen LogP contribution >= 0.6 is 0 Å². The van der Waals surface area contributed by atoms with E-state index in [4.69, 9.17) is 5.26 Å². The highest BCUT2D eigenvalue weighted by atomic mass is 16.1. The Hall–Kier alpha value is -1.82. The van der Waals surface area contributed by atoms with E-state index in [0.29, 0.717) is 18.0 Å². The van der Waals surface area contributed by atoms with Crippen molar-refractivity contribution in [2.75, 3.05) is 0 Å². The summed E-state index contributed by atoms with van der Waals surface area (Å²) in [7, 11) is 0. The fourth-order valence-electron chi connectivity index (χ4n) is 2.15. The van der Waals surface area contributed by atoms with Gasteiger partial charge in [0.2, 0.25) is 5.91 Å². The van der Waals surface area contributed by atoms with Gasteiger partial charge in [-0.3, -0.25) is 4.79 Å². The SMILES string of the molecule is CCCC(CCC)NC(=O)Cc1ccc(C#N)cc1. The summed E-state index contributed by atoms with van der Waals surface area (Å²) in [5, 5.41) is 11.8. The molecule has 1 rings (SSSR count). The predicted octanol–water partition coefficient (Wildman–Crippen LogP) is 3.19. The monoisotopic (exact) mass is 258 g/mol. The number of hydrogen-bond acceptors (Lipinski definition) is 2. The van der Waals surface area contributed by atoms with Crippen molar-refractivity contribution in [1.29, 1.82) is 5.26 Å². The molecule has 19 heavy (non-hydrogen) atoms. The van der Waals surface area contributed by atoms with Crippen molar-refractivity contribution in [1.82, 2.24) is 5.32 Å². The second-order valence-electron chi connectivity index (χ2n) is 4.83. The Labute approximate surface area is 115 Å². The highest BCUT2D eigenvalue weighted by Gasteiger charge is 2.10. The van der Waals surface area contributed by atoms with Gasteiger partial charge >= 0.3 is 0 Å². The first-order valence-corrected chi connectivity index (χ1v) is 6.98. The highest BCUT2D eigenvalue weighted by Crippen LogP contribution is 2.07. The van der Waals surface area contributed by atoms with Gasteiger partial charge < -0.3 is 5.32 Å². The van der Waals surface area contributed by atoms with Crippen molar-refractivity contribution in [3.05, 3.63) is 35.4 Å². The number of hydrogen-bond donors (Lipinski definition) is 1. The molecule has 0 radical (unpaired) electrons. The van der Waals surface area contributed by atoms with Crippen LogP contribution in [0.4, 0.5) is 0 Å². The quantitative estimate of drug-likeness (QED) is 0.816. The zero-order valence-electron chi connectivity index (χ0n) is 11.8. The Balaban J connectivity index is 2.51. The van der Waals surface area contributed by atoms with Gasteiger partial charge in [0, 0.05) is 6.04 Å². The first-order chi connectivity index (χ1) is 9.19. The molecule has 3 heteroatoms. The Kier molecular flexibility index (Phi) is 6.67. The molecule has 0 aliphatic carbocycles. The molecule has 1 aromatic carbocycles. The first-order valence-electron chi connectivity index (χ1n) is 6.98. The van der Waals surface area contributed by atoms with E-state index in [0.717, 1.165) is 31.2 Å². The molecule has 0 heterocycles. The Morgan fingerprint density at radius 2 is 1.79 bits per heavy atom. The Morgan fingerprint density at radius 1 is 1.21 bits per heavy atom. The molecule has 1 aromatic rings. The molecule has 0 aliphatic heterocycles. The standard InChI is InChI=1S/C16H22N2O/c1-3-5-15(6-4-2)18-16(19)11-13-7-9-14(12-17)10-8-13/h7-10,15H,3-6,11H2,1-2H3,(H,18,19). The average molecular weight is 258 g/mol. The lowest BCUT2D eigenvalue weighted by Crippen LogP contribution is -2.35. The summed E-state index contributed by atoms with van der Waals surface area (Å²) in [5.74, 6) is 0.0663. The van der Waals surface area contributed by atoms with Crippen molar-refractivity contribution in [3.8, 4) is 6.07 Å². The largest absolute Gasteiger partial charge is 0.353 e. The fraction of sp³-hybridized carbons (Fsp3) is 0.500. The third-order valence-electron chi connectivity index (χ3n) is 3.09. The molecular weight excluding hydrogens is 236 g/mol. The molecule has 0 aromatic heterocycles. The Morgan fingerprint density at radius 3 is 2.26 bits per heavy atom. The summed E-state index contributed by atoms with van der Waals surface area (Å²) < 4.78 is 0. The molecule has 0 saturated heterocycles. The zero-order chi connectivity index (χ0) is 14.1. The normalized spacial score (nSPS) is 10.2. The molecule has 1 amide bonds. The molecule has 0 saturated carbocycles. The molecular formula is C16H22N2O. The van der Waals surface area contributed by atoms with E-state index in [-0.39, 0.29) is 5.91 Å². The molecule has 0 spiro atoms. The molecule has 102 valence electrons. The fourth-order valence-corrected chi connectivity index (χ4v) is 2.15. The number of nitriles is 1. The molecule has 3 nitrogen and oxygen atoms in total. The van der Waals surface area contributed by atoms with Crippen LogP contribution < -0.4 is 5.32 Å².